The first kappa shape index (κ1) is 39.2. The zero-order chi connectivity index (χ0) is 44.9. The van der Waals surface area contributed by atoms with Crippen LogP contribution in [0.2, 0.25) is 0 Å². The zero-order valence-corrected chi connectivity index (χ0v) is 37.9. The van der Waals surface area contributed by atoms with Gasteiger partial charge < -0.3 is 9.47 Å². The van der Waals surface area contributed by atoms with Crippen LogP contribution in [0.25, 0.3) is 72.0 Å². The number of hydrogen-bond donors (Lipinski definition) is 0. The second-order valence-electron chi connectivity index (χ2n) is 19.0. The van der Waals surface area contributed by atoms with Gasteiger partial charge in [-0.05, 0) is 128 Å². The number of benzene rings is 10. The molecule has 0 N–H and O–H groups in total. The van der Waals surface area contributed by atoms with Gasteiger partial charge in [-0.15, -0.1) is 0 Å². The van der Waals surface area contributed by atoms with E-state index < -0.39 is 0 Å². The fourth-order valence-corrected chi connectivity index (χ4v) is 11.8. The van der Waals surface area contributed by atoms with Gasteiger partial charge in [0.15, 0.2) is 0 Å². The number of nitrogens with zero attached hydrogens (tertiary/aromatic N) is 2. The maximum absolute atomic E-state index is 2.49. The van der Waals surface area contributed by atoms with Crippen LogP contribution in [0.1, 0.15) is 48.6 Å². The third kappa shape index (κ3) is 5.82. The largest absolute Gasteiger partial charge is 0.310 e. The predicted molar refractivity (Wildman–Crippen MR) is 281 cm³/mol. The maximum atomic E-state index is 2.49. The molecule has 0 bridgehead atoms. The highest BCUT2D eigenvalue weighted by molar-refractivity contribution is 6.09. The summed E-state index contributed by atoms with van der Waals surface area (Å²) >= 11 is 0. The molecule has 2 nitrogen and oxygen atoms in total. The molecule has 0 aliphatic heterocycles. The number of anilines is 3. The third-order valence-corrected chi connectivity index (χ3v) is 15.1. The lowest BCUT2D eigenvalue weighted by Gasteiger charge is -2.32. The number of aromatic nitrogens is 1. The number of fused-ring (bicyclic) bond motifs is 9. The van der Waals surface area contributed by atoms with E-state index in [0.717, 1.165) is 22.7 Å². The van der Waals surface area contributed by atoms with Gasteiger partial charge in [0.2, 0.25) is 0 Å². The van der Waals surface area contributed by atoms with Crippen LogP contribution in [0.15, 0.2) is 237 Å². The summed E-state index contributed by atoms with van der Waals surface area (Å²) in [5, 5.41) is 2.53. The van der Waals surface area contributed by atoms with Crippen LogP contribution in [0.3, 0.4) is 0 Å². The molecule has 1 atom stereocenters. The molecular weight excluding hydrogens is 809 g/mol. The highest BCUT2D eigenvalue weighted by Crippen LogP contribution is 2.56. The second kappa shape index (κ2) is 14.9. The molecule has 1 aromatic heterocycles. The fourth-order valence-electron chi connectivity index (χ4n) is 11.8. The SMILES string of the molecule is CC1(C)c2ccccc2-c2c(-c3ccccc3N(c3ccc(-c4cccc(-n5c6ccccc6c6ccccc65)c4)cc3)c3ccc4c(c3)C(C)(c3ccccc3)c3ccccc3-4)cccc21. The Morgan fingerprint density at radius 2 is 0.925 bits per heavy atom. The van der Waals surface area contributed by atoms with E-state index in [9.17, 15) is 0 Å². The molecule has 2 aliphatic rings. The van der Waals surface area contributed by atoms with Gasteiger partial charge in [-0.1, -0.05) is 196 Å². The van der Waals surface area contributed by atoms with Crippen molar-refractivity contribution in [2.75, 3.05) is 4.90 Å². The van der Waals surface area contributed by atoms with Crippen LogP contribution in [0.4, 0.5) is 17.1 Å². The molecule has 318 valence electrons. The minimum absolute atomic E-state index is 0.109. The summed E-state index contributed by atoms with van der Waals surface area (Å²) in [5.41, 5.74) is 23.2. The molecular formula is C65H48N2. The highest BCUT2D eigenvalue weighted by Gasteiger charge is 2.41. The summed E-state index contributed by atoms with van der Waals surface area (Å²) < 4.78 is 2.40. The molecule has 67 heavy (non-hydrogen) atoms. The molecule has 0 saturated carbocycles. The summed E-state index contributed by atoms with van der Waals surface area (Å²) in [4.78, 5) is 2.49. The van der Waals surface area contributed by atoms with Crippen LogP contribution < -0.4 is 4.90 Å². The van der Waals surface area contributed by atoms with E-state index in [1.54, 1.807) is 0 Å². The molecule has 10 aromatic carbocycles. The Bertz CT molecular complexity index is 3690. The summed E-state index contributed by atoms with van der Waals surface area (Å²) in [6, 6.07) is 87.7. The normalized spacial score (nSPS) is 15.3. The molecule has 0 saturated heterocycles. The highest BCUT2D eigenvalue weighted by atomic mass is 15.1. The fraction of sp³-hybridized carbons (Fsp3) is 0.0769. The van der Waals surface area contributed by atoms with E-state index in [-0.39, 0.29) is 10.8 Å². The van der Waals surface area contributed by atoms with E-state index in [1.807, 2.05) is 0 Å². The third-order valence-electron chi connectivity index (χ3n) is 15.1. The smallest absolute Gasteiger partial charge is 0.0541 e. The van der Waals surface area contributed by atoms with Crippen molar-refractivity contribution in [3.63, 3.8) is 0 Å². The lowest BCUT2D eigenvalue weighted by Crippen LogP contribution is -2.22. The Hall–Kier alpha value is -8.20. The van der Waals surface area contributed by atoms with E-state index in [4.69, 9.17) is 0 Å². The first-order valence-corrected chi connectivity index (χ1v) is 23.5. The summed E-state index contributed by atoms with van der Waals surface area (Å²) in [6.07, 6.45) is 0. The Labute approximate surface area is 392 Å². The Balaban J connectivity index is 0.991. The number of hydrogen-bond acceptors (Lipinski definition) is 1. The van der Waals surface area contributed by atoms with Crippen molar-refractivity contribution in [1.29, 1.82) is 0 Å². The van der Waals surface area contributed by atoms with Crippen molar-refractivity contribution >= 4 is 38.9 Å². The van der Waals surface area contributed by atoms with Gasteiger partial charge in [-0.2, -0.15) is 0 Å². The van der Waals surface area contributed by atoms with Crippen molar-refractivity contribution in [2.45, 2.75) is 31.6 Å². The van der Waals surface area contributed by atoms with E-state index in [0.29, 0.717) is 0 Å². The van der Waals surface area contributed by atoms with Gasteiger partial charge >= 0.3 is 0 Å². The maximum Gasteiger partial charge on any atom is 0.0541 e. The molecule has 0 amide bonds. The molecule has 0 fully saturated rings. The lowest BCUT2D eigenvalue weighted by molar-refractivity contribution is 0.660. The summed E-state index contributed by atoms with van der Waals surface area (Å²) in [5.74, 6) is 0. The van der Waals surface area contributed by atoms with Gasteiger partial charge in [-0.25, -0.2) is 0 Å². The molecule has 13 rings (SSSR count). The molecule has 1 heterocycles. The number of rotatable bonds is 7. The van der Waals surface area contributed by atoms with Crippen molar-refractivity contribution in [1.82, 2.24) is 4.57 Å². The summed E-state index contributed by atoms with van der Waals surface area (Å²) in [7, 11) is 0. The summed E-state index contributed by atoms with van der Waals surface area (Å²) in [6.45, 7) is 7.14. The van der Waals surface area contributed by atoms with Gasteiger partial charge in [0.05, 0.1) is 16.7 Å². The van der Waals surface area contributed by atoms with Crippen molar-refractivity contribution < 1.29 is 0 Å². The Kier molecular flexibility index (Phi) is 8.73. The minimum atomic E-state index is -0.338. The Morgan fingerprint density at radius 1 is 0.358 bits per heavy atom. The predicted octanol–water partition coefficient (Wildman–Crippen LogP) is 17.2. The topological polar surface area (TPSA) is 8.17 Å². The van der Waals surface area contributed by atoms with Gasteiger partial charge in [0, 0.05) is 44.2 Å². The van der Waals surface area contributed by atoms with E-state index in [2.05, 4.69) is 267 Å². The van der Waals surface area contributed by atoms with E-state index in [1.165, 1.54) is 94.1 Å². The monoisotopic (exact) mass is 856 g/mol. The first-order valence-electron chi connectivity index (χ1n) is 23.5. The van der Waals surface area contributed by atoms with Gasteiger partial charge in [0.1, 0.15) is 0 Å². The molecule has 0 spiro atoms. The quantitative estimate of drug-likeness (QED) is 0.155. The van der Waals surface area contributed by atoms with Crippen LogP contribution in [-0.4, -0.2) is 4.57 Å². The van der Waals surface area contributed by atoms with Crippen molar-refractivity contribution in [3.8, 4) is 50.2 Å². The average molecular weight is 857 g/mol. The van der Waals surface area contributed by atoms with Gasteiger partial charge in [0.25, 0.3) is 0 Å². The van der Waals surface area contributed by atoms with Crippen LogP contribution in [0, 0.1) is 0 Å². The molecule has 2 aliphatic carbocycles. The van der Waals surface area contributed by atoms with Crippen LogP contribution >= 0.6 is 0 Å². The van der Waals surface area contributed by atoms with Crippen molar-refractivity contribution in [3.05, 3.63) is 264 Å². The Morgan fingerprint density at radius 3 is 1.69 bits per heavy atom. The van der Waals surface area contributed by atoms with Gasteiger partial charge in [-0.3, -0.25) is 0 Å². The molecule has 1 unspecified atom stereocenters. The second-order valence-corrected chi connectivity index (χ2v) is 19.0. The molecule has 2 heteroatoms. The molecule has 0 radical (unpaired) electrons. The lowest BCUT2D eigenvalue weighted by atomic mass is 9.74. The molecule has 11 aromatic rings. The standard InChI is InChI=1S/C65H48N2/c1-64(2)56-29-12-8-27-55(56)63-54(28-18-31-58(63)64)53-26-11-14-32-60(53)66(48-39-40-50-49-23-7-13-30-57(49)65(3,59(50)42-48)45-20-5-4-6-21-45)46-37-35-43(36-38-46)44-19-17-22-47(41-44)67-61-33-15-9-24-51(61)52-25-10-16-34-62(52)67/h4-42H,1-3H3. The minimum Gasteiger partial charge on any atom is -0.310 e. The van der Waals surface area contributed by atoms with Crippen LogP contribution in [0.5, 0.6) is 0 Å². The van der Waals surface area contributed by atoms with E-state index >= 15 is 0 Å². The average Bonchev–Trinajstić information content (AvgIpc) is 3.95. The number of para-hydroxylation sites is 3. The zero-order valence-electron chi connectivity index (χ0n) is 37.9. The van der Waals surface area contributed by atoms with Crippen molar-refractivity contribution in [2.24, 2.45) is 0 Å². The van der Waals surface area contributed by atoms with Crippen LogP contribution in [-0.2, 0) is 10.8 Å². The first-order chi connectivity index (χ1) is 32.9.